The average molecular weight is 452 g/mol. The van der Waals surface area contributed by atoms with E-state index < -0.39 is 17.2 Å². The highest BCUT2D eigenvalue weighted by atomic mass is 16.5. The van der Waals surface area contributed by atoms with Gasteiger partial charge >= 0.3 is 5.69 Å². The second-order valence-corrected chi connectivity index (χ2v) is 8.50. The third kappa shape index (κ3) is 4.41. The molecule has 2 aromatic heterocycles. The van der Waals surface area contributed by atoms with Gasteiger partial charge in [-0.1, -0.05) is 13.8 Å². The molecule has 3 aromatic rings. The molecule has 174 valence electrons. The lowest BCUT2D eigenvalue weighted by Crippen LogP contribution is -2.36. The topological polar surface area (TPSA) is 109 Å². The van der Waals surface area contributed by atoms with Crippen LogP contribution in [0.2, 0.25) is 0 Å². The number of morpholine rings is 1. The number of ether oxygens (including phenoxy) is 1. The van der Waals surface area contributed by atoms with Crippen LogP contribution in [-0.2, 0) is 11.3 Å². The third-order valence-corrected chi connectivity index (χ3v) is 5.96. The first-order valence-electron chi connectivity index (χ1n) is 11.2. The summed E-state index contributed by atoms with van der Waals surface area (Å²) in [6, 6.07) is 7.52. The molecule has 2 N–H and O–H groups in total. The second-order valence-electron chi connectivity index (χ2n) is 8.50. The zero-order chi connectivity index (χ0) is 23.7. The molecule has 1 aliphatic heterocycles. The van der Waals surface area contributed by atoms with E-state index in [0.29, 0.717) is 31.1 Å². The maximum atomic E-state index is 13.4. The molecular weight excluding hydrogens is 422 g/mol. The van der Waals surface area contributed by atoms with Crippen molar-refractivity contribution in [2.45, 2.75) is 40.2 Å². The van der Waals surface area contributed by atoms with Gasteiger partial charge in [0.1, 0.15) is 0 Å². The summed E-state index contributed by atoms with van der Waals surface area (Å²) in [6.07, 6.45) is 0. The van der Waals surface area contributed by atoms with E-state index >= 15 is 0 Å². The fourth-order valence-corrected chi connectivity index (χ4v) is 4.06. The van der Waals surface area contributed by atoms with E-state index in [1.807, 2.05) is 39.0 Å². The zero-order valence-corrected chi connectivity index (χ0v) is 19.4. The van der Waals surface area contributed by atoms with E-state index in [1.54, 1.807) is 13.0 Å². The summed E-state index contributed by atoms with van der Waals surface area (Å²) in [4.78, 5) is 47.5. The molecule has 0 radical (unpaired) electrons. The molecule has 1 saturated heterocycles. The molecule has 1 aliphatic rings. The number of hydrogen-bond donors (Lipinski definition) is 2. The highest BCUT2D eigenvalue weighted by Crippen LogP contribution is 2.25. The SMILES string of the molecule is CCn1c(=O)[nH]c(=O)c2c(C(=O)Nc3ccc(N4CCOCC4)cc3C)cc(C(C)C)nc21. The van der Waals surface area contributed by atoms with Crippen LogP contribution in [0.4, 0.5) is 11.4 Å². The largest absolute Gasteiger partial charge is 0.378 e. The van der Waals surface area contributed by atoms with Crippen molar-refractivity contribution in [3.63, 3.8) is 0 Å². The standard InChI is InChI=1S/C24H29N5O4/c1-5-29-21-20(23(31)27-24(29)32)17(13-19(25-21)14(2)3)22(30)26-18-7-6-16(12-15(18)4)28-8-10-33-11-9-28/h6-7,12-14H,5,8-11H2,1-4H3,(H,26,30)(H,27,31,32). The minimum absolute atomic E-state index is 0.00943. The molecule has 4 rings (SSSR count). The molecule has 0 saturated carbocycles. The first-order chi connectivity index (χ1) is 15.8. The van der Waals surface area contributed by atoms with Crippen LogP contribution in [0, 0.1) is 6.92 Å². The van der Waals surface area contributed by atoms with Gasteiger partial charge in [-0.05, 0) is 49.6 Å². The van der Waals surface area contributed by atoms with Crippen LogP contribution in [0.25, 0.3) is 11.0 Å². The van der Waals surface area contributed by atoms with Crippen molar-refractivity contribution < 1.29 is 9.53 Å². The van der Waals surface area contributed by atoms with Crippen LogP contribution in [0.5, 0.6) is 0 Å². The Bertz CT molecular complexity index is 1320. The Hall–Kier alpha value is -3.46. The van der Waals surface area contributed by atoms with Crippen molar-refractivity contribution >= 4 is 28.3 Å². The van der Waals surface area contributed by atoms with E-state index in [2.05, 4.69) is 20.2 Å². The first kappa shape index (κ1) is 22.7. The molecule has 9 nitrogen and oxygen atoms in total. The summed E-state index contributed by atoms with van der Waals surface area (Å²) < 4.78 is 6.80. The van der Waals surface area contributed by atoms with Gasteiger partial charge in [-0.3, -0.25) is 19.1 Å². The van der Waals surface area contributed by atoms with Gasteiger partial charge < -0.3 is 15.0 Å². The van der Waals surface area contributed by atoms with Crippen LogP contribution in [0.3, 0.4) is 0 Å². The predicted octanol–water partition coefficient (Wildman–Crippen LogP) is 2.63. The third-order valence-electron chi connectivity index (χ3n) is 5.96. The number of nitrogens with one attached hydrogen (secondary N) is 2. The van der Waals surface area contributed by atoms with E-state index in [4.69, 9.17) is 4.74 Å². The van der Waals surface area contributed by atoms with Crippen molar-refractivity contribution in [1.82, 2.24) is 14.5 Å². The molecule has 3 heterocycles. The minimum Gasteiger partial charge on any atom is -0.378 e. The van der Waals surface area contributed by atoms with Crippen molar-refractivity contribution in [2.24, 2.45) is 0 Å². The molecule has 0 atom stereocenters. The van der Waals surface area contributed by atoms with Gasteiger partial charge in [0.25, 0.3) is 11.5 Å². The molecule has 0 aliphatic carbocycles. The molecule has 1 aromatic carbocycles. The predicted molar refractivity (Wildman–Crippen MR) is 129 cm³/mol. The smallest absolute Gasteiger partial charge is 0.329 e. The van der Waals surface area contributed by atoms with Crippen molar-refractivity contribution in [1.29, 1.82) is 0 Å². The van der Waals surface area contributed by atoms with E-state index in [0.717, 1.165) is 24.3 Å². The van der Waals surface area contributed by atoms with Gasteiger partial charge in [-0.25, -0.2) is 9.78 Å². The second kappa shape index (κ2) is 9.19. The Labute approximate surface area is 191 Å². The van der Waals surface area contributed by atoms with Crippen LogP contribution in [-0.4, -0.2) is 46.7 Å². The van der Waals surface area contributed by atoms with Gasteiger partial charge in [-0.2, -0.15) is 0 Å². The summed E-state index contributed by atoms with van der Waals surface area (Å²) >= 11 is 0. The quantitative estimate of drug-likeness (QED) is 0.617. The Morgan fingerprint density at radius 1 is 1.21 bits per heavy atom. The number of anilines is 2. The maximum Gasteiger partial charge on any atom is 0.329 e. The van der Waals surface area contributed by atoms with Crippen LogP contribution >= 0.6 is 0 Å². The fourth-order valence-electron chi connectivity index (χ4n) is 4.06. The van der Waals surface area contributed by atoms with Crippen molar-refractivity contribution in [2.75, 3.05) is 36.5 Å². The van der Waals surface area contributed by atoms with Crippen molar-refractivity contribution in [3.8, 4) is 0 Å². The van der Waals surface area contributed by atoms with Gasteiger partial charge in [0.15, 0.2) is 5.65 Å². The number of amides is 1. The lowest BCUT2D eigenvalue weighted by Gasteiger charge is -2.29. The van der Waals surface area contributed by atoms with Crippen LogP contribution < -0.4 is 21.5 Å². The van der Waals surface area contributed by atoms with Gasteiger partial charge in [0.05, 0.1) is 24.2 Å². The monoisotopic (exact) mass is 451 g/mol. The van der Waals surface area contributed by atoms with Gasteiger partial charge in [0, 0.05) is 36.7 Å². The molecule has 9 heteroatoms. The fraction of sp³-hybridized carbons (Fsp3) is 0.417. The van der Waals surface area contributed by atoms with Crippen LogP contribution in [0.1, 0.15) is 48.3 Å². The number of aromatic nitrogens is 3. The number of nitrogens with zero attached hydrogens (tertiary/aromatic N) is 3. The molecule has 33 heavy (non-hydrogen) atoms. The number of fused-ring (bicyclic) bond motifs is 1. The average Bonchev–Trinajstić information content (AvgIpc) is 2.80. The molecular formula is C24H29N5O4. The van der Waals surface area contributed by atoms with Gasteiger partial charge in [-0.15, -0.1) is 0 Å². The number of H-pyrrole nitrogens is 1. The molecule has 0 unspecified atom stereocenters. The normalized spacial score (nSPS) is 14.2. The Kier molecular flexibility index (Phi) is 6.33. The number of carbonyl (C=O) groups excluding carboxylic acids is 1. The zero-order valence-electron chi connectivity index (χ0n) is 19.4. The molecule has 1 fully saturated rings. The number of carbonyl (C=O) groups is 1. The molecule has 1 amide bonds. The summed E-state index contributed by atoms with van der Waals surface area (Å²) in [5.41, 5.74) is 2.55. The van der Waals surface area contributed by atoms with Gasteiger partial charge in [0.2, 0.25) is 0 Å². The number of aryl methyl sites for hydroxylation is 2. The number of rotatable bonds is 5. The van der Waals surface area contributed by atoms with Crippen molar-refractivity contribution in [3.05, 3.63) is 61.9 Å². The minimum atomic E-state index is -0.618. The number of pyridine rings is 1. The lowest BCUT2D eigenvalue weighted by molar-refractivity contribution is 0.102. The lowest BCUT2D eigenvalue weighted by atomic mass is 10.0. The summed E-state index contributed by atoms with van der Waals surface area (Å²) in [5.74, 6) is -0.409. The van der Waals surface area contributed by atoms with E-state index in [-0.39, 0.29) is 22.5 Å². The van der Waals surface area contributed by atoms with E-state index in [1.165, 1.54) is 4.57 Å². The molecule has 0 spiro atoms. The molecule has 0 bridgehead atoms. The number of aromatic amines is 1. The Morgan fingerprint density at radius 3 is 2.58 bits per heavy atom. The Balaban J connectivity index is 1.75. The number of benzene rings is 1. The first-order valence-corrected chi connectivity index (χ1v) is 11.2. The summed E-state index contributed by atoms with van der Waals surface area (Å²) in [5, 5.41) is 3.06. The number of hydrogen-bond acceptors (Lipinski definition) is 6. The maximum absolute atomic E-state index is 13.4. The summed E-state index contributed by atoms with van der Waals surface area (Å²) in [7, 11) is 0. The van der Waals surface area contributed by atoms with Crippen LogP contribution in [0.15, 0.2) is 33.9 Å². The van der Waals surface area contributed by atoms with E-state index in [9.17, 15) is 14.4 Å². The highest BCUT2D eigenvalue weighted by molar-refractivity contribution is 6.12. The highest BCUT2D eigenvalue weighted by Gasteiger charge is 2.21. The Morgan fingerprint density at radius 2 is 1.94 bits per heavy atom. The summed E-state index contributed by atoms with van der Waals surface area (Å²) in [6.45, 7) is 11.0.